The molecule has 0 aromatic heterocycles. The van der Waals surface area contributed by atoms with Crippen LogP contribution < -0.4 is 20.3 Å². The standard InChI is InChI=1S/C19H22ClN3O3S/c1-23(14-5-7-15(25-2)8-6-14)11-10-21-19(27)22-17-12-13(18(24)26-3)4-9-16(17)20/h4-9,12H,10-11H2,1-3H3,(H2,21,22,27). The van der Waals surface area contributed by atoms with Crippen molar-refractivity contribution >= 4 is 46.3 Å². The maximum atomic E-state index is 11.6. The normalized spacial score (nSPS) is 10.1. The van der Waals surface area contributed by atoms with E-state index < -0.39 is 5.97 Å². The number of anilines is 2. The van der Waals surface area contributed by atoms with Crippen LogP contribution in [-0.2, 0) is 4.74 Å². The number of hydrogen-bond acceptors (Lipinski definition) is 5. The minimum atomic E-state index is -0.435. The highest BCUT2D eigenvalue weighted by Crippen LogP contribution is 2.23. The van der Waals surface area contributed by atoms with Gasteiger partial charge in [-0.25, -0.2) is 4.79 Å². The van der Waals surface area contributed by atoms with Gasteiger partial charge in [-0.05, 0) is 54.7 Å². The second kappa shape index (κ2) is 9.99. The van der Waals surface area contributed by atoms with Crippen LogP contribution in [0.4, 0.5) is 11.4 Å². The van der Waals surface area contributed by atoms with Gasteiger partial charge in [0.2, 0.25) is 0 Å². The number of hydrogen-bond donors (Lipinski definition) is 2. The second-order valence-electron chi connectivity index (χ2n) is 5.69. The number of likely N-dealkylation sites (N-methyl/N-ethyl adjacent to an activating group) is 1. The van der Waals surface area contributed by atoms with E-state index in [1.54, 1.807) is 25.3 Å². The Hall–Kier alpha value is -2.51. The van der Waals surface area contributed by atoms with E-state index >= 15 is 0 Å². The molecule has 2 rings (SSSR count). The van der Waals surface area contributed by atoms with Gasteiger partial charge in [0.05, 0.1) is 30.5 Å². The third kappa shape index (κ3) is 6.01. The van der Waals surface area contributed by atoms with E-state index in [0.717, 1.165) is 18.0 Å². The molecule has 27 heavy (non-hydrogen) atoms. The van der Waals surface area contributed by atoms with Crippen molar-refractivity contribution in [2.24, 2.45) is 0 Å². The highest BCUT2D eigenvalue weighted by Gasteiger charge is 2.10. The molecule has 0 saturated carbocycles. The zero-order chi connectivity index (χ0) is 19.8. The van der Waals surface area contributed by atoms with Gasteiger partial charge >= 0.3 is 5.97 Å². The van der Waals surface area contributed by atoms with Gasteiger partial charge in [-0.15, -0.1) is 0 Å². The van der Waals surface area contributed by atoms with Gasteiger partial charge in [0.1, 0.15) is 5.75 Å². The first-order chi connectivity index (χ1) is 12.9. The lowest BCUT2D eigenvalue weighted by atomic mass is 10.2. The van der Waals surface area contributed by atoms with Gasteiger partial charge in [0, 0.05) is 25.8 Å². The summed E-state index contributed by atoms with van der Waals surface area (Å²) >= 11 is 11.5. The van der Waals surface area contributed by atoms with Gasteiger partial charge in [0.25, 0.3) is 0 Å². The fourth-order valence-corrected chi connectivity index (χ4v) is 2.71. The summed E-state index contributed by atoms with van der Waals surface area (Å²) in [7, 11) is 4.97. The Bertz CT molecular complexity index is 799. The van der Waals surface area contributed by atoms with Crippen LogP contribution >= 0.6 is 23.8 Å². The molecule has 0 fully saturated rings. The predicted molar refractivity (Wildman–Crippen MR) is 113 cm³/mol. The van der Waals surface area contributed by atoms with Crippen LogP contribution in [0.25, 0.3) is 0 Å². The van der Waals surface area contributed by atoms with Gasteiger partial charge in [0.15, 0.2) is 5.11 Å². The fraction of sp³-hybridized carbons (Fsp3) is 0.263. The summed E-state index contributed by atoms with van der Waals surface area (Å²) in [6, 6.07) is 12.6. The molecule has 0 spiro atoms. The van der Waals surface area contributed by atoms with E-state index in [1.807, 2.05) is 31.3 Å². The van der Waals surface area contributed by atoms with E-state index in [2.05, 4.69) is 15.5 Å². The number of ether oxygens (including phenoxy) is 2. The number of nitrogens with zero attached hydrogens (tertiary/aromatic N) is 1. The monoisotopic (exact) mass is 407 g/mol. The number of esters is 1. The molecular formula is C19H22ClN3O3S. The molecule has 0 aliphatic rings. The van der Waals surface area contributed by atoms with Crippen molar-refractivity contribution in [3.8, 4) is 5.75 Å². The largest absolute Gasteiger partial charge is 0.497 e. The van der Waals surface area contributed by atoms with Crippen molar-refractivity contribution < 1.29 is 14.3 Å². The maximum Gasteiger partial charge on any atom is 0.337 e. The van der Waals surface area contributed by atoms with Crippen LogP contribution in [-0.4, -0.2) is 45.4 Å². The number of rotatable bonds is 7. The quantitative estimate of drug-likeness (QED) is 0.537. The number of halogens is 1. The molecule has 6 nitrogen and oxygen atoms in total. The first kappa shape index (κ1) is 20.8. The van der Waals surface area contributed by atoms with Gasteiger partial charge in [-0.3, -0.25) is 0 Å². The van der Waals surface area contributed by atoms with Crippen molar-refractivity contribution in [1.82, 2.24) is 5.32 Å². The summed E-state index contributed by atoms with van der Waals surface area (Å²) in [5, 5.41) is 7.01. The van der Waals surface area contributed by atoms with Crippen LogP contribution in [0.2, 0.25) is 5.02 Å². The Morgan fingerprint density at radius 2 is 1.89 bits per heavy atom. The third-order valence-electron chi connectivity index (χ3n) is 3.88. The average Bonchev–Trinajstić information content (AvgIpc) is 2.69. The van der Waals surface area contributed by atoms with Gasteiger partial charge in [-0.1, -0.05) is 11.6 Å². The van der Waals surface area contributed by atoms with Gasteiger partial charge < -0.3 is 25.0 Å². The Morgan fingerprint density at radius 3 is 2.52 bits per heavy atom. The van der Waals surface area contributed by atoms with Crippen molar-refractivity contribution in [2.75, 3.05) is 44.6 Å². The molecule has 144 valence electrons. The van der Waals surface area contributed by atoms with E-state index in [9.17, 15) is 4.79 Å². The highest BCUT2D eigenvalue weighted by atomic mass is 35.5. The van der Waals surface area contributed by atoms with Crippen molar-refractivity contribution in [2.45, 2.75) is 0 Å². The number of methoxy groups -OCH3 is 2. The second-order valence-corrected chi connectivity index (χ2v) is 6.50. The van der Waals surface area contributed by atoms with Crippen molar-refractivity contribution in [3.63, 3.8) is 0 Å². The Balaban J connectivity index is 1.86. The smallest absolute Gasteiger partial charge is 0.337 e. The SMILES string of the molecule is COC(=O)c1ccc(Cl)c(NC(=S)NCCN(C)c2ccc(OC)cc2)c1. The molecule has 0 bridgehead atoms. The Kier molecular flexibility index (Phi) is 7.69. The van der Waals surface area contributed by atoms with Crippen LogP contribution in [0.15, 0.2) is 42.5 Å². The molecule has 0 saturated heterocycles. The summed E-state index contributed by atoms with van der Waals surface area (Å²) in [5.41, 5.74) is 2.01. The van der Waals surface area contributed by atoms with Crippen LogP contribution in [0.5, 0.6) is 5.75 Å². The van der Waals surface area contributed by atoms with E-state index in [1.165, 1.54) is 7.11 Å². The summed E-state index contributed by atoms with van der Waals surface area (Å²) in [6.07, 6.45) is 0. The number of benzene rings is 2. The number of thiocarbonyl (C=S) groups is 1. The topological polar surface area (TPSA) is 62.8 Å². The highest BCUT2D eigenvalue weighted by molar-refractivity contribution is 7.80. The summed E-state index contributed by atoms with van der Waals surface area (Å²) in [6.45, 7) is 1.37. The lowest BCUT2D eigenvalue weighted by Crippen LogP contribution is -2.35. The van der Waals surface area contributed by atoms with E-state index in [-0.39, 0.29) is 0 Å². The molecule has 0 unspecified atom stereocenters. The fourth-order valence-electron chi connectivity index (χ4n) is 2.34. The lowest BCUT2D eigenvalue weighted by molar-refractivity contribution is 0.0601. The third-order valence-corrected chi connectivity index (χ3v) is 4.46. The molecular weight excluding hydrogens is 386 g/mol. The molecule has 2 aromatic rings. The first-order valence-corrected chi connectivity index (χ1v) is 9.01. The predicted octanol–water partition coefficient (Wildman–Crippen LogP) is 3.56. The van der Waals surface area contributed by atoms with Crippen LogP contribution in [0.1, 0.15) is 10.4 Å². The zero-order valence-electron chi connectivity index (χ0n) is 15.4. The first-order valence-electron chi connectivity index (χ1n) is 8.22. The Morgan fingerprint density at radius 1 is 1.19 bits per heavy atom. The van der Waals surface area contributed by atoms with Crippen LogP contribution in [0, 0.1) is 0 Å². The minimum Gasteiger partial charge on any atom is -0.497 e. The average molecular weight is 408 g/mol. The number of carbonyl (C=O) groups excluding carboxylic acids is 1. The summed E-state index contributed by atoms with van der Waals surface area (Å²) < 4.78 is 9.87. The molecule has 0 aliphatic carbocycles. The Labute approximate surface area is 169 Å². The molecule has 2 aromatic carbocycles. The van der Waals surface area contributed by atoms with Gasteiger partial charge in [-0.2, -0.15) is 0 Å². The number of carbonyl (C=O) groups is 1. The van der Waals surface area contributed by atoms with Crippen LogP contribution in [0.3, 0.4) is 0 Å². The molecule has 0 atom stereocenters. The van der Waals surface area contributed by atoms with E-state index in [0.29, 0.717) is 27.9 Å². The molecule has 0 heterocycles. The maximum absolute atomic E-state index is 11.6. The minimum absolute atomic E-state index is 0.395. The molecule has 2 N–H and O–H groups in total. The van der Waals surface area contributed by atoms with Crippen molar-refractivity contribution in [1.29, 1.82) is 0 Å². The van der Waals surface area contributed by atoms with E-state index in [4.69, 9.17) is 33.3 Å². The summed E-state index contributed by atoms with van der Waals surface area (Å²) in [5.74, 6) is 0.386. The lowest BCUT2D eigenvalue weighted by Gasteiger charge is -2.20. The number of nitrogens with one attached hydrogen (secondary N) is 2. The molecule has 0 amide bonds. The zero-order valence-corrected chi connectivity index (χ0v) is 17.0. The molecule has 0 aliphatic heterocycles. The molecule has 0 radical (unpaired) electrons. The molecule has 8 heteroatoms. The summed E-state index contributed by atoms with van der Waals surface area (Å²) in [4.78, 5) is 13.7. The van der Waals surface area contributed by atoms with Crippen molar-refractivity contribution in [3.05, 3.63) is 53.1 Å².